The molecular weight excluding hydrogens is 370 g/mol. The number of benzene rings is 1. The van der Waals surface area contributed by atoms with Gasteiger partial charge >= 0.3 is 0 Å². The van der Waals surface area contributed by atoms with Gasteiger partial charge in [0.25, 0.3) is 0 Å². The molecule has 26 heavy (non-hydrogen) atoms. The highest BCUT2D eigenvalue weighted by Gasteiger charge is 2.25. The molecular formula is C19H24ClN3O2S. The summed E-state index contributed by atoms with van der Waals surface area (Å²) in [5.74, 6) is 1.36. The molecule has 1 aliphatic heterocycles. The molecule has 0 radical (unpaired) electrons. The molecule has 2 heterocycles. The van der Waals surface area contributed by atoms with Gasteiger partial charge in [-0.05, 0) is 31.0 Å². The predicted molar refractivity (Wildman–Crippen MR) is 105 cm³/mol. The number of hydrogen-bond acceptors (Lipinski definition) is 4. The number of nitrogens with zero attached hydrogens (tertiary/aromatic N) is 3. The standard InChI is InChI=1S/C19H24ClN3O2S/c20-16-3-1-2-4-18(16)26-14-8-19(25)22-10-6-15(7-11-22)17-5-9-21-23(17)12-13-24/h1-5,9,15,24H,6-8,10-14H2. The maximum atomic E-state index is 12.5. The van der Waals surface area contributed by atoms with E-state index in [1.807, 2.05) is 39.9 Å². The van der Waals surface area contributed by atoms with Gasteiger partial charge in [0.2, 0.25) is 5.91 Å². The minimum atomic E-state index is 0.0924. The van der Waals surface area contributed by atoms with E-state index in [0.29, 0.717) is 18.9 Å². The summed E-state index contributed by atoms with van der Waals surface area (Å²) in [4.78, 5) is 15.5. The van der Waals surface area contributed by atoms with E-state index in [9.17, 15) is 4.79 Å². The fourth-order valence-electron chi connectivity index (χ4n) is 3.36. The second-order valence-corrected chi connectivity index (χ2v) is 7.93. The van der Waals surface area contributed by atoms with Crippen molar-refractivity contribution in [2.24, 2.45) is 0 Å². The molecule has 0 bridgehead atoms. The Balaban J connectivity index is 1.45. The number of rotatable bonds is 7. The maximum Gasteiger partial charge on any atom is 0.223 e. The largest absolute Gasteiger partial charge is 0.394 e. The third kappa shape index (κ3) is 4.81. The molecule has 1 aliphatic rings. The van der Waals surface area contributed by atoms with Crippen LogP contribution in [0.15, 0.2) is 41.4 Å². The smallest absolute Gasteiger partial charge is 0.223 e. The van der Waals surface area contributed by atoms with Gasteiger partial charge in [0, 0.05) is 48.0 Å². The van der Waals surface area contributed by atoms with Crippen LogP contribution in [0.5, 0.6) is 0 Å². The second-order valence-electron chi connectivity index (χ2n) is 6.39. The van der Waals surface area contributed by atoms with E-state index in [-0.39, 0.29) is 12.5 Å². The van der Waals surface area contributed by atoms with Crippen molar-refractivity contribution in [1.82, 2.24) is 14.7 Å². The molecule has 1 N–H and O–H groups in total. The van der Waals surface area contributed by atoms with Crippen molar-refractivity contribution in [3.05, 3.63) is 47.2 Å². The SMILES string of the molecule is O=C(CCSc1ccccc1Cl)N1CCC(c2ccnn2CCO)CC1. The number of carbonyl (C=O) groups is 1. The minimum absolute atomic E-state index is 0.0924. The number of aliphatic hydroxyl groups is 1. The van der Waals surface area contributed by atoms with E-state index in [2.05, 4.69) is 5.10 Å². The third-order valence-electron chi connectivity index (χ3n) is 4.74. The number of thioether (sulfide) groups is 1. The van der Waals surface area contributed by atoms with Crippen molar-refractivity contribution in [1.29, 1.82) is 0 Å². The number of piperidine rings is 1. The first-order valence-corrected chi connectivity index (χ1v) is 10.3. The topological polar surface area (TPSA) is 58.4 Å². The van der Waals surface area contributed by atoms with Gasteiger partial charge in [-0.2, -0.15) is 5.10 Å². The zero-order chi connectivity index (χ0) is 18.4. The van der Waals surface area contributed by atoms with Crippen molar-refractivity contribution < 1.29 is 9.90 Å². The monoisotopic (exact) mass is 393 g/mol. The molecule has 3 rings (SSSR count). The van der Waals surface area contributed by atoms with Gasteiger partial charge < -0.3 is 10.0 Å². The number of amides is 1. The van der Waals surface area contributed by atoms with Crippen LogP contribution in [0.3, 0.4) is 0 Å². The van der Waals surface area contributed by atoms with Crippen LogP contribution in [-0.2, 0) is 11.3 Å². The van der Waals surface area contributed by atoms with Crippen LogP contribution < -0.4 is 0 Å². The molecule has 0 atom stereocenters. The first kappa shape index (κ1) is 19.3. The van der Waals surface area contributed by atoms with Gasteiger partial charge in [0.15, 0.2) is 0 Å². The molecule has 1 aromatic carbocycles. The van der Waals surface area contributed by atoms with Crippen molar-refractivity contribution in [3.8, 4) is 0 Å². The maximum absolute atomic E-state index is 12.5. The Bertz CT molecular complexity index is 729. The van der Waals surface area contributed by atoms with E-state index in [4.69, 9.17) is 16.7 Å². The van der Waals surface area contributed by atoms with Crippen molar-refractivity contribution in [2.45, 2.75) is 36.6 Å². The average Bonchev–Trinajstić information content (AvgIpc) is 3.12. The van der Waals surface area contributed by atoms with Crippen LogP contribution in [0.2, 0.25) is 5.02 Å². The second kappa shape index (κ2) is 9.44. The van der Waals surface area contributed by atoms with Gasteiger partial charge in [-0.3, -0.25) is 9.48 Å². The Hall–Kier alpha value is -1.50. The van der Waals surface area contributed by atoms with Crippen molar-refractivity contribution in [2.75, 3.05) is 25.4 Å². The van der Waals surface area contributed by atoms with Crippen LogP contribution in [0.25, 0.3) is 0 Å². The van der Waals surface area contributed by atoms with Crippen molar-refractivity contribution in [3.63, 3.8) is 0 Å². The Labute approximate surface area is 163 Å². The van der Waals surface area contributed by atoms with Crippen LogP contribution in [0.4, 0.5) is 0 Å². The van der Waals surface area contributed by atoms with Gasteiger partial charge in [0.1, 0.15) is 0 Å². The molecule has 140 valence electrons. The summed E-state index contributed by atoms with van der Waals surface area (Å²) in [6.45, 7) is 2.19. The minimum Gasteiger partial charge on any atom is -0.394 e. The van der Waals surface area contributed by atoms with E-state index in [1.165, 1.54) is 5.69 Å². The molecule has 0 aliphatic carbocycles. The first-order chi connectivity index (χ1) is 12.7. The highest BCUT2D eigenvalue weighted by molar-refractivity contribution is 7.99. The lowest BCUT2D eigenvalue weighted by Gasteiger charge is -2.32. The Morgan fingerprint density at radius 1 is 1.27 bits per heavy atom. The number of likely N-dealkylation sites (tertiary alicyclic amines) is 1. The fraction of sp³-hybridized carbons (Fsp3) is 0.474. The molecule has 2 aromatic rings. The normalized spacial score (nSPS) is 15.4. The highest BCUT2D eigenvalue weighted by Crippen LogP contribution is 2.29. The van der Waals surface area contributed by atoms with Crippen LogP contribution in [-0.4, -0.2) is 51.1 Å². The van der Waals surface area contributed by atoms with E-state index in [0.717, 1.165) is 41.6 Å². The Kier molecular flexibility index (Phi) is 7.00. The molecule has 1 amide bonds. The number of carbonyl (C=O) groups excluding carboxylic acids is 1. The molecule has 1 fully saturated rings. The molecule has 1 aromatic heterocycles. The van der Waals surface area contributed by atoms with Crippen molar-refractivity contribution >= 4 is 29.3 Å². The zero-order valence-corrected chi connectivity index (χ0v) is 16.3. The number of halogens is 1. The van der Waals surface area contributed by atoms with Gasteiger partial charge in [-0.25, -0.2) is 0 Å². The van der Waals surface area contributed by atoms with E-state index < -0.39 is 0 Å². The summed E-state index contributed by atoms with van der Waals surface area (Å²) < 4.78 is 1.88. The predicted octanol–water partition coefficient (Wildman–Crippen LogP) is 3.42. The molecule has 0 spiro atoms. The van der Waals surface area contributed by atoms with Crippen LogP contribution >= 0.6 is 23.4 Å². The summed E-state index contributed by atoms with van der Waals surface area (Å²) >= 11 is 7.78. The summed E-state index contributed by atoms with van der Waals surface area (Å²) in [7, 11) is 0. The van der Waals surface area contributed by atoms with E-state index >= 15 is 0 Å². The van der Waals surface area contributed by atoms with Gasteiger partial charge in [0.05, 0.1) is 18.2 Å². The quantitative estimate of drug-likeness (QED) is 0.732. The molecule has 0 unspecified atom stereocenters. The zero-order valence-electron chi connectivity index (χ0n) is 14.7. The molecule has 5 nitrogen and oxygen atoms in total. The highest BCUT2D eigenvalue weighted by atomic mass is 35.5. The van der Waals surface area contributed by atoms with Crippen LogP contribution in [0, 0.1) is 0 Å². The first-order valence-electron chi connectivity index (χ1n) is 8.96. The lowest BCUT2D eigenvalue weighted by Crippen LogP contribution is -2.38. The summed E-state index contributed by atoms with van der Waals surface area (Å²) in [6, 6.07) is 9.76. The third-order valence-corrected chi connectivity index (χ3v) is 6.25. The molecule has 0 saturated carbocycles. The number of aliphatic hydroxyl groups excluding tert-OH is 1. The summed E-state index contributed by atoms with van der Waals surface area (Å²) in [5.41, 5.74) is 1.17. The summed E-state index contributed by atoms with van der Waals surface area (Å²) in [6.07, 6.45) is 4.21. The van der Waals surface area contributed by atoms with Gasteiger partial charge in [-0.15, -0.1) is 11.8 Å². The number of aromatic nitrogens is 2. The summed E-state index contributed by atoms with van der Waals surface area (Å²) in [5, 5.41) is 14.1. The van der Waals surface area contributed by atoms with E-state index in [1.54, 1.807) is 18.0 Å². The number of hydrogen-bond donors (Lipinski definition) is 1. The Morgan fingerprint density at radius 3 is 2.77 bits per heavy atom. The Morgan fingerprint density at radius 2 is 2.04 bits per heavy atom. The molecule has 1 saturated heterocycles. The lowest BCUT2D eigenvalue weighted by atomic mass is 9.93. The lowest BCUT2D eigenvalue weighted by molar-refractivity contribution is -0.131. The molecule has 7 heteroatoms. The fourth-order valence-corrected chi connectivity index (χ4v) is 4.54. The average molecular weight is 394 g/mol. The van der Waals surface area contributed by atoms with Crippen LogP contribution in [0.1, 0.15) is 30.9 Å². The van der Waals surface area contributed by atoms with Gasteiger partial charge in [-0.1, -0.05) is 23.7 Å².